The summed E-state index contributed by atoms with van der Waals surface area (Å²) in [5, 5.41) is 15.4. The minimum atomic E-state index is -1.19. The number of likely N-dealkylation sites (N-methyl/N-ethyl adjacent to an activating group) is 1. The minimum Gasteiger partial charge on any atom is -0.477 e. The first-order chi connectivity index (χ1) is 15.1. The van der Waals surface area contributed by atoms with E-state index >= 15 is 0 Å². The lowest BCUT2D eigenvalue weighted by molar-refractivity contribution is -0.158. The number of carbonyl (C=O) groups is 4. The van der Waals surface area contributed by atoms with Gasteiger partial charge in [0.25, 0.3) is 0 Å². The Morgan fingerprint density at radius 3 is 2.59 bits per heavy atom. The zero-order chi connectivity index (χ0) is 23.7. The number of amides is 3. The van der Waals surface area contributed by atoms with E-state index in [0.717, 1.165) is 6.42 Å². The van der Waals surface area contributed by atoms with Crippen molar-refractivity contribution in [3.63, 3.8) is 0 Å². The second-order valence-corrected chi connectivity index (χ2v) is 9.73. The van der Waals surface area contributed by atoms with Crippen LogP contribution in [0.5, 0.6) is 0 Å². The molecule has 2 unspecified atom stereocenters. The molecule has 12 heteroatoms. The number of aliphatic carboxylic acids is 1. The third-order valence-corrected chi connectivity index (χ3v) is 7.73. The van der Waals surface area contributed by atoms with Gasteiger partial charge in [-0.2, -0.15) is 0 Å². The molecule has 3 rings (SSSR count). The van der Waals surface area contributed by atoms with Crippen molar-refractivity contribution in [2.24, 2.45) is 23.3 Å². The molecule has 0 spiro atoms. The molecule has 11 nitrogen and oxygen atoms in total. The fourth-order valence-electron chi connectivity index (χ4n) is 4.76. The molecule has 0 aromatic rings. The van der Waals surface area contributed by atoms with Crippen molar-refractivity contribution in [3.8, 4) is 0 Å². The maximum atomic E-state index is 12.8. The maximum Gasteiger partial charge on any atom is 0.353 e. The molecule has 0 radical (unpaired) electrons. The van der Waals surface area contributed by atoms with E-state index in [1.807, 2.05) is 6.92 Å². The molecular weight excluding hydrogens is 436 g/mol. The second kappa shape index (κ2) is 9.77. The number of carboxylic acids is 1. The minimum absolute atomic E-state index is 0.0445. The third kappa shape index (κ3) is 4.49. The molecule has 0 saturated carbocycles. The summed E-state index contributed by atoms with van der Waals surface area (Å²) in [5.41, 5.74) is 11.9. The van der Waals surface area contributed by atoms with Crippen LogP contribution in [0.3, 0.4) is 0 Å². The number of β-lactam (4-membered cyclic amide) rings is 1. The summed E-state index contributed by atoms with van der Waals surface area (Å²) in [5.74, 6) is -2.51. The summed E-state index contributed by atoms with van der Waals surface area (Å²) in [6.45, 7) is 4.79. The van der Waals surface area contributed by atoms with E-state index in [1.54, 1.807) is 18.9 Å². The summed E-state index contributed by atoms with van der Waals surface area (Å²) in [6, 6.07) is -1.63. The van der Waals surface area contributed by atoms with E-state index in [4.69, 9.17) is 11.5 Å². The molecular formula is C20H32N6O5S. The first kappa shape index (κ1) is 24.5. The number of hydrogen-bond donors (Lipinski definition) is 5. The average molecular weight is 469 g/mol. The van der Waals surface area contributed by atoms with Crippen LogP contribution < -0.4 is 22.1 Å². The second-order valence-electron chi connectivity index (χ2n) is 8.67. The van der Waals surface area contributed by atoms with E-state index in [-0.39, 0.29) is 53.7 Å². The first-order valence-electron chi connectivity index (χ1n) is 10.8. The maximum absolute atomic E-state index is 12.8. The van der Waals surface area contributed by atoms with Crippen LogP contribution in [0, 0.1) is 11.8 Å². The SMILES string of the molecule is CNCC(=O)N[C@H](C)[C@H]1C(=O)N2C(C(=O)O)=C(SCC(N)C(=O)N3CCC(N)C3)[C@H](C)[C@H]12. The number of rotatable bonds is 9. The fourth-order valence-corrected chi connectivity index (χ4v) is 5.99. The number of fused-ring (bicyclic) bond motifs is 1. The number of hydrogen-bond acceptors (Lipinski definition) is 8. The van der Waals surface area contributed by atoms with Gasteiger partial charge in [-0.05, 0) is 20.4 Å². The van der Waals surface area contributed by atoms with Crippen molar-refractivity contribution in [2.45, 2.75) is 44.4 Å². The van der Waals surface area contributed by atoms with Crippen LogP contribution in [0.2, 0.25) is 0 Å². The van der Waals surface area contributed by atoms with Crippen LogP contribution in [0.4, 0.5) is 0 Å². The number of carboxylic acid groups (broad SMARTS) is 1. The zero-order valence-corrected chi connectivity index (χ0v) is 19.4. The van der Waals surface area contributed by atoms with Gasteiger partial charge in [0, 0.05) is 41.7 Å². The van der Waals surface area contributed by atoms with Crippen LogP contribution in [0.1, 0.15) is 20.3 Å². The number of likely N-dealkylation sites (tertiary alicyclic amines) is 1. The summed E-state index contributed by atoms with van der Waals surface area (Å²) in [7, 11) is 1.65. The van der Waals surface area contributed by atoms with Crippen molar-refractivity contribution in [1.29, 1.82) is 0 Å². The Balaban J connectivity index is 1.69. The monoisotopic (exact) mass is 468 g/mol. The molecule has 7 N–H and O–H groups in total. The van der Waals surface area contributed by atoms with Gasteiger partial charge in [-0.25, -0.2) is 4.79 Å². The highest BCUT2D eigenvalue weighted by molar-refractivity contribution is 8.03. The summed E-state index contributed by atoms with van der Waals surface area (Å²) in [6.07, 6.45) is 0.736. The predicted molar refractivity (Wildman–Crippen MR) is 119 cm³/mol. The molecule has 6 atom stereocenters. The van der Waals surface area contributed by atoms with Gasteiger partial charge in [-0.3, -0.25) is 14.4 Å². The smallest absolute Gasteiger partial charge is 0.353 e. The van der Waals surface area contributed by atoms with Crippen molar-refractivity contribution < 1.29 is 24.3 Å². The highest BCUT2D eigenvalue weighted by atomic mass is 32.2. The van der Waals surface area contributed by atoms with Gasteiger partial charge in [0.1, 0.15) is 5.70 Å². The van der Waals surface area contributed by atoms with Crippen LogP contribution in [-0.4, -0.2) is 95.2 Å². The number of nitrogens with zero attached hydrogens (tertiary/aromatic N) is 2. The van der Waals surface area contributed by atoms with Gasteiger partial charge in [0.15, 0.2) is 0 Å². The molecule has 3 aliphatic heterocycles. The molecule has 0 aromatic carbocycles. The number of nitrogens with one attached hydrogen (secondary N) is 2. The molecule has 178 valence electrons. The van der Waals surface area contributed by atoms with Gasteiger partial charge >= 0.3 is 5.97 Å². The van der Waals surface area contributed by atoms with Gasteiger partial charge in [0.2, 0.25) is 17.7 Å². The van der Waals surface area contributed by atoms with Crippen LogP contribution >= 0.6 is 11.8 Å². The van der Waals surface area contributed by atoms with Gasteiger partial charge < -0.3 is 37.0 Å². The third-order valence-electron chi connectivity index (χ3n) is 6.33. The van der Waals surface area contributed by atoms with Crippen LogP contribution in [0.15, 0.2) is 10.6 Å². The number of nitrogens with two attached hydrogens (primary N) is 2. The molecule has 0 aliphatic carbocycles. The summed E-state index contributed by atoms with van der Waals surface area (Å²) < 4.78 is 0. The molecule has 2 saturated heterocycles. The highest BCUT2D eigenvalue weighted by Gasteiger charge is 2.60. The van der Waals surface area contributed by atoms with Crippen molar-refractivity contribution in [2.75, 3.05) is 32.4 Å². The Labute approximate surface area is 191 Å². The fraction of sp³-hybridized carbons (Fsp3) is 0.700. The van der Waals surface area contributed by atoms with Gasteiger partial charge in [-0.15, -0.1) is 11.8 Å². The largest absolute Gasteiger partial charge is 0.477 e. The highest BCUT2D eigenvalue weighted by Crippen LogP contribution is 2.50. The van der Waals surface area contributed by atoms with Crippen molar-refractivity contribution >= 4 is 35.5 Å². The Kier molecular flexibility index (Phi) is 7.48. The Morgan fingerprint density at radius 1 is 1.34 bits per heavy atom. The lowest BCUT2D eigenvalue weighted by Gasteiger charge is -2.47. The lowest BCUT2D eigenvalue weighted by Crippen LogP contribution is -2.66. The van der Waals surface area contributed by atoms with E-state index in [1.165, 1.54) is 16.7 Å². The summed E-state index contributed by atoms with van der Waals surface area (Å²) in [4.78, 5) is 52.8. The van der Waals surface area contributed by atoms with E-state index in [9.17, 15) is 24.3 Å². The Bertz CT molecular complexity index is 835. The normalized spacial score (nSPS) is 29.0. The average Bonchev–Trinajstić information content (AvgIpc) is 3.25. The van der Waals surface area contributed by atoms with E-state index in [2.05, 4.69) is 10.6 Å². The van der Waals surface area contributed by atoms with E-state index < -0.39 is 24.0 Å². The molecule has 3 aliphatic rings. The van der Waals surface area contributed by atoms with Crippen LogP contribution in [0.25, 0.3) is 0 Å². The molecule has 32 heavy (non-hydrogen) atoms. The molecule has 0 aromatic heterocycles. The lowest BCUT2D eigenvalue weighted by atomic mass is 9.78. The quantitative estimate of drug-likeness (QED) is 0.242. The Hall–Kier alpha value is -2.15. The van der Waals surface area contributed by atoms with E-state index in [0.29, 0.717) is 18.0 Å². The van der Waals surface area contributed by atoms with Crippen molar-refractivity contribution in [1.82, 2.24) is 20.4 Å². The molecule has 0 bridgehead atoms. The molecule has 3 amide bonds. The van der Waals surface area contributed by atoms with Gasteiger partial charge in [0.05, 0.1) is 24.5 Å². The van der Waals surface area contributed by atoms with Crippen molar-refractivity contribution in [3.05, 3.63) is 10.6 Å². The number of carbonyl (C=O) groups excluding carboxylic acids is 3. The standard InChI is InChI=1S/C20H32N6O5S/c1-9-15-14(10(2)24-13(27)6-23-3)19(29)26(15)16(20(30)31)17(9)32-8-12(22)18(28)25-5-4-11(21)7-25/h9-12,14-15,23H,4-8,21-22H2,1-3H3,(H,24,27)(H,30,31)/t9-,10-,11?,12?,14-,15-/m1/s1. The van der Waals surface area contributed by atoms with Gasteiger partial charge in [-0.1, -0.05) is 6.92 Å². The first-order valence-corrected chi connectivity index (χ1v) is 11.7. The number of thioether (sulfide) groups is 1. The Morgan fingerprint density at radius 2 is 2.03 bits per heavy atom. The zero-order valence-electron chi connectivity index (χ0n) is 18.5. The molecule has 2 fully saturated rings. The molecule has 3 heterocycles. The topological polar surface area (TPSA) is 171 Å². The van der Waals surface area contributed by atoms with Crippen LogP contribution in [-0.2, 0) is 19.2 Å². The predicted octanol–water partition coefficient (Wildman–Crippen LogP) is -1.90. The summed E-state index contributed by atoms with van der Waals surface area (Å²) >= 11 is 1.21.